The van der Waals surface area contributed by atoms with Gasteiger partial charge in [0.05, 0.1) is 20.1 Å². The Morgan fingerprint density at radius 2 is 1.50 bits per heavy atom. The van der Waals surface area contributed by atoms with Crippen molar-refractivity contribution < 1.29 is 23.9 Å². The maximum Gasteiger partial charge on any atom is 0.254 e. The average molecular weight is 437 g/mol. The van der Waals surface area contributed by atoms with E-state index in [0.717, 1.165) is 5.69 Å². The lowest BCUT2D eigenvalue weighted by Crippen LogP contribution is -2.52. The molecular formula is C24H27N3O5. The van der Waals surface area contributed by atoms with E-state index in [1.54, 1.807) is 59.3 Å². The molecule has 32 heavy (non-hydrogen) atoms. The Kier molecular flexibility index (Phi) is 6.30. The van der Waals surface area contributed by atoms with Gasteiger partial charge in [-0.25, -0.2) is 0 Å². The topological polar surface area (TPSA) is 79.4 Å². The van der Waals surface area contributed by atoms with Crippen LogP contribution < -0.4 is 14.4 Å². The molecule has 8 nitrogen and oxygen atoms in total. The summed E-state index contributed by atoms with van der Waals surface area (Å²) in [6.07, 6.45) is 0.193. The summed E-state index contributed by atoms with van der Waals surface area (Å²) in [4.78, 5) is 43.6. The van der Waals surface area contributed by atoms with E-state index in [0.29, 0.717) is 49.8 Å². The molecule has 4 rings (SSSR count). The zero-order valence-corrected chi connectivity index (χ0v) is 18.3. The Morgan fingerprint density at radius 1 is 0.875 bits per heavy atom. The first-order chi connectivity index (χ1) is 15.5. The molecule has 1 atom stereocenters. The van der Waals surface area contributed by atoms with Gasteiger partial charge in [0, 0.05) is 56.5 Å². The van der Waals surface area contributed by atoms with Crippen LogP contribution in [0.3, 0.4) is 0 Å². The standard InChI is InChI=1S/C24H27N3O5/c1-31-20-7-3-5-17(13-20)23(29)25-9-11-26(12-10-25)24(30)18-14-22(28)27(16-18)19-6-4-8-21(15-19)32-2/h3-8,13,15,18H,9-12,14,16H2,1-2H3. The van der Waals surface area contributed by atoms with E-state index in [4.69, 9.17) is 9.47 Å². The molecule has 3 amide bonds. The number of nitrogens with zero attached hydrogens (tertiary/aromatic N) is 3. The van der Waals surface area contributed by atoms with Crippen molar-refractivity contribution in [3.05, 3.63) is 54.1 Å². The van der Waals surface area contributed by atoms with Crippen molar-refractivity contribution in [3.63, 3.8) is 0 Å². The molecule has 2 aromatic carbocycles. The molecule has 0 saturated carbocycles. The zero-order valence-electron chi connectivity index (χ0n) is 18.3. The van der Waals surface area contributed by atoms with Crippen LogP contribution in [0.25, 0.3) is 0 Å². The number of hydrogen-bond donors (Lipinski definition) is 0. The predicted octanol–water partition coefficient (Wildman–Crippen LogP) is 2.04. The van der Waals surface area contributed by atoms with E-state index in [1.807, 2.05) is 18.2 Å². The van der Waals surface area contributed by atoms with Crippen LogP contribution in [0.1, 0.15) is 16.8 Å². The molecule has 0 aromatic heterocycles. The van der Waals surface area contributed by atoms with Gasteiger partial charge in [-0.05, 0) is 30.3 Å². The Hall–Kier alpha value is -3.55. The highest BCUT2D eigenvalue weighted by molar-refractivity contribution is 6.00. The Morgan fingerprint density at radius 3 is 2.19 bits per heavy atom. The number of rotatable bonds is 5. The maximum absolute atomic E-state index is 13.1. The molecule has 2 saturated heterocycles. The van der Waals surface area contributed by atoms with E-state index in [1.165, 1.54) is 0 Å². The summed E-state index contributed by atoms with van der Waals surface area (Å²) in [6, 6.07) is 14.4. The van der Waals surface area contributed by atoms with Crippen LogP contribution in [0.2, 0.25) is 0 Å². The fraction of sp³-hybridized carbons (Fsp3) is 0.375. The van der Waals surface area contributed by atoms with Crippen molar-refractivity contribution >= 4 is 23.4 Å². The molecule has 2 aliphatic rings. The summed E-state index contributed by atoms with van der Waals surface area (Å²) >= 11 is 0. The molecule has 0 aliphatic carbocycles. The summed E-state index contributed by atoms with van der Waals surface area (Å²) in [6.45, 7) is 2.19. The van der Waals surface area contributed by atoms with Crippen molar-refractivity contribution in [1.29, 1.82) is 0 Å². The fourth-order valence-corrected chi connectivity index (χ4v) is 4.23. The number of carbonyl (C=O) groups is 3. The van der Waals surface area contributed by atoms with Crippen LogP contribution in [0.4, 0.5) is 5.69 Å². The lowest BCUT2D eigenvalue weighted by Gasteiger charge is -2.36. The van der Waals surface area contributed by atoms with Crippen LogP contribution in [0.5, 0.6) is 11.5 Å². The van der Waals surface area contributed by atoms with Crippen molar-refractivity contribution in [2.75, 3.05) is 51.8 Å². The average Bonchev–Trinajstić information content (AvgIpc) is 3.24. The summed E-state index contributed by atoms with van der Waals surface area (Å²) in [5.41, 5.74) is 1.30. The second kappa shape index (κ2) is 9.30. The van der Waals surface area contributed by atoms with Gasteiger partial charge in [-0.2, -0.15) is 0 Å². The van der Waals surface area contributed by atoms with E-state index in [-0.39, 0.29) is 30.1 Å². The van der Waals surface area contributed by atoms with Crippen LogP contribution >= 0.6 is 0 Å². The molecule has 168 valence electrons. The molecule has 2 aliphatic heterocycles. The normalized spacial score (nSPS) is 18.6. The summed E-state index contributed by atoms with van der Waals surface area (Å²) < 4.78 is 10.4. The molecule has 2 heterocycles. The predicted molar refractivity (Wildman–Crippen MR) is 119 cm³/mol. The summed E-state index contributed by atoms with van der Waals surface area (Å²) in [7, 11) is 3.15. The second-order valence-corrected chi connectivity index (χ2v) is 7.96. The monoisotopic (exact) mass is 437 g/mol. The molecule has 0 spiro atoms. The third-order valence-corrected chi connectivity index (χ3v) is 6.03. The molecular weight excluding hydrogens is 410 g/mol. The van der Waals surface area contributed by atoms with E-state index >= 15 is 0 Å². The van der Waals surface area contributed by atoms with Crippen molar-refractivity contribution in [2.45, 2.75) is 6.42 Å². The third kappa shape index (κ3) is 4.39. The Labute approximate surface area is 187 Å². The minimum absolute atomic E-state index is 0.0303. The fourth-order valence-electron chi connectivity index (χ4n) is 4.23. The summed E-state index contributed by atoms with van der Waals surface area (Å²) in [5.74, 6) is 0.754. The SMILES string of the molecule is COc1cccc(C(=O)N2CCN(C(=O)C3CC(=O)N(c4cccc(OC)c4)C3)CC2)c1. The molecule has 2 aromatic rings. The lowest BCUT2D eigenvalue weighted by atomic mass is 10.1. The van der Waals surface area contributed by atoms with Crippen LogP contribution in [0, 0.1) is 5.92 Å². The highest BCUT2D eigenvalue weighted by Gasteiger charge is 2.38. The van der Waals surface area contributed by atoms with Gasteiger partial charge in [-0.1, -0.05) is 12.1 Å². The van der Waals surface area contributed by atoms with Crippen molar-refractivity contribution in [3.8, 4) is 11.5 Å². The van der Waals surface area contributed by atoms with Gasteiger partial charge in [0.1, 0.15) is 11.5 Å². The third-order valence-electron chi connectivity index (χ3n) is 6.03. The Balaban J connectivity index is 1.35. The molecule has 8 heteroatoms. The minimum Gasteiger partial charge on any atom is -0.497 e. The highest BCUT2D eigenvalue weighted by Crippen LogP contribution is 2.29. The lowest BCUT2D eigenvalue weighted by molar-refractivity contribution is -0.137. The van der Waals surface area contributed by atoms with Crippen LogP contribution in [0.15, 0.2) is 48.5 Å². The van der Waals surface area contributed by atoms with Gasteiger partial charge >= 0.3 is 0 Å². The zero-order chi connectivity index (χ0) is 22.7. The first-order valence-corrected chi connectivity index (χ1v) is 10.7. The number of hydrogen-bond acceptors (Lipinski definition) is 5. The number of piperazine rings is 1. The number of methoxy groups -OCH3 is 2. The molecule has 0 bridgehead atoms. The van der Waals surface area contributed by atoms with Gasteiger partial charge in [0.15, 0.2) is 0 Å². The quantitative estimate of drug-likeness (QED) is 0.715. The van der Waals surface area contributed by atoms with Gasteiger partial charge in [0.25, 0.3) is 5.91 Å². The molecule has 0 radical (unpaired) electrons. The first kappa shape index (κ1) is 21.7. The number of anilines is 1. The number of amides is 3. The van der Waals surface area contributed by atoms with Gasteiger partial charge in [-0.15, -0.1) is 0 Å². The number of benzene rings is 2. The molecule has 1 unspecified atom stereocenters. The van der Waals surface area contributed by atoms with E-state index < -0.39 is 0 Å². The van der Waals surface area contributed by atoms with E-state index in [9.17, 15) is 14.4 Å². The number of ether oxygens (including phenoxy) is 2. The first-order valence-electron chi connectivity index (χ1n) is 10.7. The van der Waals surface area contributed by atoms with Crippen LogP contribution in [-0.4, -0.2) is 74.5 Å². The minimum atomic E-state index is -0.380. The van der Waals surface area contributed by atoms with Gasteiger partial charge < -0.3 is 24.2 Å². The molecule has 0 N–H and O–H groups in total. The molecule has 2 fully saturated rings. The maximum atomic E-state index is 13.1. The van der Waals surface area contributed by atoms with Crippen molar-refractivity contribution in [2.24, 2.45) is 5.92 Å². The Bertz CT molecular complexity index is 1020. The van der Waals surface area contributed by atoms with Crippen molar-refractivity contribution in [1.82, 2.24) is 9.80 Å². The van der Waals surface area contributed by atoms with Gasteiger partial charge in [0.2, 0.25) is 11.8 Å². The number of carbonyl (C=O) groups excluding carboxylic acids is 3. The highest BCUT2D eigenvalue weighted by atomic mass is 16.5. The smallest absolute Gasteiger partial charge is 0.254 e. The van der Waals surface area contributed by atoms with Gasteiger partial charge in [-0.3, -0.25) is 14.4 Å². The summed E-state index contributed by atoms with van der Waals surface area (Å²) in [5, 5.41) is 0. The van der Waals surface area contributed by atoms with E-state index in [2.05, 4.69) is 0 Å². The van der Waals surface area contributed by atoms with Crippen LogP contribution in [-0.2, 0) is 9.59 Å². The second-order valence-electron chi connectivity index (χ2n) is 7.96. The largest absolute Gasteiger partial charge is 0.497 e.